The molecular formula is C16H29N5. The Balaban J connectivity index is 1.50. The van der Waals surface area contributed by atoms with Crippen LogP contribution in [0, 0.1) is 12.8 Å². The third-order valence-corrected chi connectivity index (χ3v) is 5.28. The molecule has 1 atom stereocenters. The van der Waals surface area contributed by atoms with Crippen LogP contribution >= 0.6 is 0 Å². The van der Waals surface area contributed by atoms with Gasteiger partial charge < -0.3 is 15.5 Å². The minimum atomic E-state index is 0.384. The summed E-state index contributed by atoms with van der Waals surface area (Å²) in [5.41, 5.74) is 1.49. The van der Waals surface area contributed by atoms with Crippen LogP contribution in [0.25, 0.3) is 0 Å². The molecule has 2 aliphatic rings. The fourth-order valence-electron chi connectivity index (χ4n) is 3.85. The summed E-state index contributed by atoms with van der Waals surface area (Å²) in [5, 5.41) is 11.8. The fraction of sp³-hybridized carbons (Fsp3) is 0.812. The molecule has 1 aliphatic heterocycles. The van der Waals surface area contributed by atoms with Gasteiger partial charge in [-0.15, -0.1) is 0 Å². The van der Waals surface area contributed by atoms with Gasteiger partial charge in [0.25, 0.3) is 0 Å². The normalized spacial score (nSPS) is 24.1. The van der Waals surface area contributed by atoms with Crippen LogP contribution < -0.4 is 10.6 Å². The first-order valence-corrected chi connectivity index (χ1v) is 8.25. The number of hydrogen-bond donors (Lipinski definition) is 2. The minimum absolute atomic E-state index is 0.384. The minimum Gasteiger partial charge on any atom is -0.370 e. The van der Waals surface area contributed by atoms with Crippen molar-refractivity contribution in [3.05, 3.63) is 11.8 Å². The highest BCUT2D eigenvalue weighted by molar-refractivity contribution is 5.38. The van der Waals surface area contributed by atoms with Crippen LogP contribution in [-0.4, -0.2) is 53.9 Å². The van der Waals surface area contributed by atoms with Crippen molar-refractivity contribution in [2.75, 3.05) is 39.0 Å². The van der Waals surface area contributed by atoms with Crippen LogP contribution in [0.4, 0.5) is 5.82 Å². The Labute approximate surface area is 128 Å². The van der Waals surface area contributed by atoms with Gasteiger partial charge in [-0.1, -0.05) is 12.8 Å². The highest BCUT2D eigenvalue weighted by atomic mass is 15.3. The summed E-state index contributed by atoms with van der Waals surface area (Å²) in [6, 6.07) is 2.13. The smallest absolute Gasteiger partial charge is 0.124 e. The SMILES string of the molecule is Cc1cc2n(n1)C[C@H](CNCC1(N(C)C)CCCC1)CN2. The van der Waals surface area contributed by atoms with Gasteiger partial charge in [0.2, 0.25) is 0 Å². The number of anilines is 1. The maximum absolute atomic E-state index is 4.55. The van der Waals surface area contributed by atoms with E-state index in [0.29, 0.717) is 11.5 Å². The third kappa shape index (κ3) is 3.09. The van der Waals surface area contributed by atoms with Crippen molar-refractivity contribution in [2.24, 2.45) is 5.92 Å². The van der Waals surface area contributed by atoms with E-state index >= 15 is 0 Å². The Morgan fingerprint density at radius 3 is 2.90 bits per heavy atom. The second-order valence-electron chi connectivity index (χ2n) is 7.06. The van der Waals surface area contributed by atoms with E-state index in [4.69, 9.17) is 0 Å². The highest BCUT2D eigenvalue weighted by Gasteiger charge is 2.35. The molecule has 1 fully saturated rings. The lowest BCUT2D eigenvalue weighted by Gasteiger charge is -2.37. The van der Waals surface area contributed by atoms with Gasteiger partial charge in [-0.05, 0) is 33.9 Å². The second kappa shape index (κ2) is 5.97. The molecule has 0 amide bonds. The summed E-state index contributed by atoms with van der Waals surface area (Å²) in [6.07, 6.45) is 5.42. The molecule has 0 radical (unpaired) electrons. The molecule has 118 valence electrons. The Hall–Kier alpha value is -1.07. The number of hydrogen-bond acceptors (Lipinski definition) is 4. The Bertz CT molecular complexity index is 473. The van der Waals surface area contributed by atoms with Gasteiger partial charge in [-0.25, -0.2) is 4.68 Å². The Morgan fingerprint density at radius 2 is 2.19 bits per heavy atom. The number of fused-ring (bicyclic) bond motifs is 1. The third-order valence-electron chi connectivity index (χ3n) is 5.28. The summed E-state index contributed by atoms with van der Waals surface area (Å²) in [4.78, 5) is 2.43. The van der Waals surface area contributed by atoms with Crippen LogP contribution in [0.3, 0.4) is 0 Å². The fourth-order valence-corrected chi connectivity index (χ4v) is 3.85. The molecule has 3 rings (SSSR count). The van der Waals surface area contributed by atoms with Crippen molar-refractivity contribution in [1.29, 1.82) is 0 Å². The largest absolute Gasteiger partial charge is 0.370 e. The van der Waals surface area contributed by atoms with Crippen molar-refractivity contribution in [2.45, 2.75) is 44.7 Å². The zero-order valence-electron chi connectivity index (χ0n) is 13.7. The molecule has 1 saturated carbocycles. The lowest BCUT2D eigenvalue weighted by atomic mass is 9.95. The van der Waals surface area contributed by atoms with Crippen molar-refractivity contribution >= 4 is 5.82 Å². The Morgan fingerprint density at radius 1 is 1.43 bits per heavy atom. The van der Waals surface area contributed by atoms with E-state index in [1.54, 1.807) is 0 Å². The van der Waals surface area contributed by atoms with E-state index in [1.165, 1.54) is 31.5 Å². The molecule has 1 aliphatic carbocycles. The lowest BCUT2D eigenvalue weighted by Crippen LogP contribution is -2.51. The molecule has 0 spiro atoms. The maximum atomic E-state index is 4.55. The molecule has 1 aromatic heterocycles. The lowest BCUT2D eigenvalue weighted by molar-refractivity contribution is 0.151. The predicted molar refractivity (Wildman–Crippen MR) is 86.7 cm³/mol. The first-order valence-electron chi connectivity index (χ1n) is 8.25. The summed E-state index contributed by atoms with van der Waals surface area (Å²) >= 11 is 0. The van der Waals surface area contributed by atoms with Gasteiger partial charge in [0.15, 0.2) is 0 Å². The van der Waals surface area contributed by atoms with E-state index in [-0.39, 0.29) is 0 Å². The molecule has 2 N–H and O–H groups in total. The average Bonchev–Trinajstić information content (AvgIpc) is 3.04. The Kier molecular flexibility index (Phi) is 4.22. The molecule has 2 heterocycles. The molecule has 0 aromatic carbocycles. The molecule has 1 aromatic rings. The molecule has 0 bridgehead atoms. The van der Waals surface area contributed by atoms with E-state index in [9.17, 15) is 0 Å². The van der Waals surface area contributed by atoms with Crippen molar-refractivity contribution in [3.8, 4) is 0 Å². The molecule has 21 heavy (non-hydrogen) atoms. The average molecular weight is 291 g/mol. The first-order chi connectivity index (χ1) is 10.1. The maximum Gasteiger partial charge on any atom is 0.124 e. The monoisotopic (exact) mass is 291 g/mol. The van der Waals surface area contributed by atoms with Gasteiger partial charge in [-0.2, -0.15) is 5.10 Å². The number of nitrogens with one attached hydrogen (secondary N) is 2. The molecule has 5 nitrogen and oxygen atoms in total. The number of nitrogens with zero attached hydrogens (tertiary/aromatic N) is 3. The number of likely N-dealkylation sites (N-methyl/N-ethyl adjacent to an activating group) is 1. The number of rotatable bonds is 5. The van der Waals surface area contributed by atoms with Crippen LogP contribution in [0.2, 0.25) is 0 Å². The zero-order valence-corrected chi connectivity index (χ0v) is 13.7. The van der Waals surface area contributed by atoms with Crippen molar-refractivity contribution < 1.29 is 0 Å². The summed E-state index contributed by atoms with van der Waals surface area (Å²) < 4.78 is 2.11. The standard InChI is InChI=1S/C16H29N5/c1-13-8-15-18-10-14(11-21(15)19-13)9-17-12-16(20(2)3)6-4-5-7-16/h8,14,17-18H,4-7,9-12H2,1-3H3/t14-/m1/s1. The van der Waals surface area contributed by atoms with Crippen molar-refractivity contribution in [1.82, 2.24) is 20.0 Å². The molecule has 0 saturated heterocycles. The quantitative estimate of drug-likeness (QED) is 0.867. The van der Waals surface area contributed by atoms with E-state index in [0.717, 1.165) is 31.9 Å². The predicted octanol–water partition coefficient (Wildman–Crippen LogP) is 1.70. The summed E-state index contributed by atoms with van der Waals surface area (Å²) in [7, 11) is 4.46. The van der Waals surface area contributed by atoms with Gasteiger partial charge >= 0.3 is 0 Å². The van der Waals surface area contributed by atoms with Gasteiger partial charge in [0.05, 0.1) is 5.69 Å². The van der Waals surface area contributed by atoms with Gasteiger partial charge in [0.1, 0.15) is 5.82 Å². The molecular weight excluding hydrogens is 262 g/mol. The molecule has 5 heteroatoms. The second-order valence-corrected chi connectivity index (χ2v) is 7.06. The van der Waals surface area contributed by atoms with Crippen LogP contribution in [-0.2, 0) is 6.54 Å². The summed E-state index contributed by atoms with van der Waals surface area (Å²) in [5.74, 6) is 1.79. The van der Waals surface area contributed by atoms with Crippen molar-refractivity contribution in [3.63, 3.8) is 0 Å². The van der Waals surface area contributed by atoms with Crippen LogP contribution in [0.1, 0.15) is 31.4 Å². The van der Waals surface area contributed by atoms with E-state index in [2.05, 4.69) is 52.4 Å². The highest BCUT2D eigenvalue weighted by Crippen LogP contribution is 2.33. The summed E-state index contributed by atoms with van der Waals surface area (Å²) in [6.45, 7) is 6.31. The number of aromatic nitrogens is 2. The van der Waals surface area contributed by atoms with E-state index < -0.39 is 0 Å². The molecule has 0 unspecified atom stereocenters. The van der Waals surface area contributed by atoms with Crippen LogP contribution in [0.15, 0.2) is 6.07 Å². The topological polar surface area (TPSA) is 45.1 Å². The van der Waals surface area contributed by atoms with E-state index in [1.807, 2.05) is 0 Å². The first kappa shape index (κ1) is 14.9. The number of aryl methyl sites for hydroxylation is 1. The van der Waals surface area contributed by atoms with Gasteiger partial charge in [0, 0.05) is 43.7 Å². The van der Waals surface area contributed by atoms with Gasteiger partial charge in [-0.3, -0.25) is 0 Å². The zero-order chi connectivity index (χ0) is 14.9. The van der Waals surface area contributed by atoms with Crippen LogP contribution in [0.5, 0.6) is 0 Å².